The smallest absolute Gasteiger partial charge is 0.225 e. The third-order valence-electron chi connectivity index (χ3n) is 4.28. The molecule has 1 fully saturated rings. The highest BCUT2D eigenvalue weighted by Crippen LogP contribution is 2.23. The summed E-state index contributed by atoms with van der Waals surface area (Å²) in [5.74, 6) is 1.81. The Morgan fingerprint density at radius 3 is 2.67 bits per heavy atom. The minimum absolute atomic E-state index is 0.868. The van der Waals surface area contributed by atoms with Gasteiger partial charge in [0.1, 0.15) is 0 Å². The summed E-state index contributed by atoms with van der Waals surface area (Å²) in [7, 11) is 0. The molecule has 1 aromatic heterocycles. The van der Waals surface area contributed by atoms with E-state index in [9.17, 15) is 0 Å². The van der Waals surface area contributed by atoms with Crippen molar-refractivity contribution in [1.82, 2.24) is 15.3 Å². The standard InChI is InChI=1S/C17H30N4/c1-3-6-15-7-5-10-21(11-8-15)17-19-13-16(14-20-17)12-18-9-4-2/h13-15,18H,3-12H2,1-2H3. The maximum atomic E-state index is 4.57. The summed E-state index contributed by atoms with van der Waals surface area (Å²) in [5.41, 5.74) is 1.17. The molecule has 0 bridgehead atoms. The molecular formula is C17H30N4. The first-order valence-corrected chi connectivity index (χ1v) is 8.60. The van der Waals surface area contributed by atoms with Crippen LogP contribution in [0.15, 0.2) is 12.4 Å². The van der Waals surface area contributed by atoms with E-state index in [2.05, 4.69) is 34.0 Å². The topological polar surface area (TPSA) is 41.1 Å². The normalized spacial score (nSPS) is 19.5. The van der Waals surface area contributed by atoms with Gasteiger partial charge < -0.3 is 10.2 Å². The van der Waals surface area contributed by atoms with Crippen molar-refractivity contribution in [2.45, 2.75) is 58.9 Å². The number of anilines is 1. The van der Waals surface area contributed by atoms with Gasteiger partial charge >= 0.3 is 0 Å². The van der Waals surface area contributed by atoms with Gasteiger partial charge in [-0.3, -0.25) is 0 Å². The van der Waals surface area contributed by atoms with E-state index in [-0.39, 0.29) is 0 Å². The highest BCUT2D eigenvalue weighted by atomic mass is 15.2. The molecule has 118 valence electrons. The molecule has 1 aliphatic heterocycles. The van der Waals surface area contributed by atoms with E-state index >= 15 is 0 Å². The van der Waals surface area contributed by atoms with Crippen molar-refractivity contribution in [1.29, 1.82) is 0 Å². The minimum atomic E-state index is 0.868. The van der Waals surface area contributed by atoms with E-state index in [1.165, 1.54) is 37.7 Å². The van der Waals surface area contributed by atoms with Gasteiger partial charge in [-0.2, -0.15) is 0 Å². The molecule has 1 N–H and O–H groups in total. The lowest BCUT2D eigenvalue weighted by molar-refractivity contribution is 0.435. The second-order valence-corrected chi connectivity index (χ2v) is 6.14. The van der Waals surface area contributed by atoms with Crippen LogP contribution < -0.4 is 10.2 Å². The number of aromatic nitrogens is 2. The predicted octanol–water partition coefficient (Wildman–Crippen LogP) is 3.38. The molecule has 21 heavy (non-hydrogen) atoms. The number of nitrogens with zero attached hydrogens (tertiary/aromatic N) is 3. The zero-order valence-electron chi connectivity index (χ0n) is 13.6. The van der Waals surface area contributed by atoms with E-state index in [1.54, 1.807) is 0 Å². The largest absolute Gasteiger partial charge is 0.341 e. The van der Waals surface area contributed by atoms with Crippen LogP contribution in [-0.2, 0) is 6.54 Å². The molecule has 1 aliphatic rings. The van der Waals surface area contributed by atoms with Crippen LogP contribution in [0.3, 0.4) is 0 Å². The molecule has 0 aromatic carbocycles. The summed E-state index contributed by atoms with van der Waals surface area (Å²) in [5, 5.41) is 3.39. The molecule has 1 unspecified atom stereocenters. The van der Waals surface area contributed by atoms with Gasteiger partial charge in [0.2, 0.25) is 5.95 Å². The molecule has 1 aromatic rings. The highest BCUT2D eigenvalue weighted by molar-refractivity contribution is 5.30. The summed E-state index contributed by atoms with van der Waals surface area (Å²) in [4.78, 5) is 11.5. The Morgan fingerprint density at radius 1 is 1.14 bits per heavy atom. The van der Waals surface area contributed by atoms with Crippen molar-refractivity contribution in [2.75, 3.05) is 24.5 Å². The number of hydrogen-bond acceptors (Lipinski definition) is 4. The summed E-state index contributed by atoms with van der Waals surface area (Å²) in [6, 6.07) is 0. The molecule has 4 nitrogen and oxygen atoms in total. The van der Waals surface area contributed by atoms with Gasteiger partial charge in [-0.1, -0.05) is 26.7 Å². The molecule has 0 amide bonds. The van der Waals surface area contributed by atoms with Crippen molar-refractivity contribution in [2.24, 2.45) is 5.92 Å². The Labute approximate surface area is 129 Å². The number of rotatable bonds is 7. The average Bonchev–Trinajstić information content (AvgIpc) is 2.74. The summed E-state index contributed by atoms with van der Waals surface area (Å²) >= 11 is 0. The molecule has 4 heteroatoms. The van der Waals surface area contributed by atoms with Crippen LogP contribution in [-0.4, -0.2) is 29.6 Å². The second kappa shape index (κ2) is 8.98. The molecular weight excluding hydrogens is 260 g/mol. The monoisotopic (exact) mass is 290 g/mol. The lowest BCUT2D eigenvalue weighted by atomic mass is 9.96. The Balaban J connectivity index is 1.86. The third kappa shape index (κ3) is 5.27. The van der Waals surface area contributed by atoms with Gasteiger partial charge in [-0.25, -0.2) is 9.97 Å². The first-order valence-electron chi connectivity index (χ1n) is 8.60. The van der Waals surface area contributed by atoms with Crippen molar-refractivity contribution < 1.29 is 0 Å². The molecule has 1 saturated heterocycles. The van der Waals surface area contributed by atoms with Crippen LogP contribution in [0, 0.1) is 5.92 Å². The van der Waals surface area contributed by atoms with Crippen molar-refractivity contribution in [3.63, 3.8) is 0 Å². The molecule has 0 aliphatic carbocycles. The first-order chi connectivity index (χ1) is 10.3. The van der Waals surface area contributed by atoms with Crippen LogP contribution >= 0.6 is 0 Å². The third-order valence-corrected chi connectivity index (χ3v) is 4.28. The van der Waals surface area contributed by atoms with E-state index < -0.39 is 0 Å². The van der Waals surface area contributed by atoms with Gasteiger partial charge in [0.25, 0.3) is 0 Å². The fourth-order valence-electron chi connectivity index (χ4n) is 3.07. The summed E-state index contributed by atoms with van der Waals surface area (Å²) in [6.45, 7) is 8.60. The zero-order chi connectivity index (χ0) is 14.9. The van der Waals surface area contributed by atoms with Gasteiger partial charge in [-0.15, -0.1) is 0 Å². The van der Waals surface area contributed by atoms with Gasteiger partial charge in [0.05, 0.1) is 0 Å². The molecule has 0 spiro atoms. The number of nitrogens with one attached hydrogen (secondary N) is 1. The van der Waals surface area contributed by atoms with Gasteiger partial charge in [-0.05, 0) is 38.1 Å². The Morgan fingerprint density at radius 2 is 1.95 bits per heavy atom. The number of hydrogen-bond donors (Lipinski definition) is 1. The van der Waals surface area contributed by atoms with Crippen molar-refractivity contribution >= 4 is 5.95 Å². The van der Waals surface area contributed by atoms with E-state index in [0.29, 0.717) is 0 Å². The SMILES string of the molecule is CCCNCc1cnc(N2CCCC(CCC)CC2)nc1. The molecule has 2 heterocycles. The molecule has 2 rings (SSSR count). The molecule has 1 atom stereocenters. The minimum Gasteiger partial charge on any atom is -0.341 e. The van der Waals surface area contributed by atoms with Crippen LogP contribution in [0.25, 0.3) is 0 Å². The Bertz CT molecular complexity index is 390. The van der Waals surface area contributed by atoms with Crippen molar-refractivity contribution in [3.05, 3.63) is 18.0 Å². The summed E-state index contributed by atoms with van der Waals surface area (Å²) in [6.07, 6.45) is 11.7. The van der Waals surface area contributed by atoms with Gasteiger partial charge in [0.15, 0.2) is 0 Å². The fourth-order valence-corrected chi connectivity index (χ4v) is 3.07. The van der Waals surface area contributed by atoms with Crippen LogP contribution in [0.5, 0.6) is 0 Å². The van der Waals surface area contributed by atoms with Gasteiger partial charge in [0, 0.05) is 37.6 Å². The Kier molecular flexibility index (Phi) is 6.93. The molecule has 0 saturated carbocycles. The van der Waals surface area contributed by atoms with E-state index in [1.807, 2.05) is 12.4 Å². The van der Waals surface area contributed by atoms with Crippen LogP contribution in [0.4, 0.5) is 5.95 Å². The zero-order valence-corrected chi connectivity index (χ0v) is 13.6. The van der Waals surface area contributed by atoms with Crippen LogP contribution in [0.1, 0.15) is 57.9 Å². The maximum absolute atomic E-state index is 4.57. The Hall–Kier alpha value is -1.16. The van der Waals surface area contributed by atoms with Crippen molar-refractivity contribution in [3.8, 4) is 0 Å². The quantitative estimate of drug-likeness (QED) is 0.782. The maximum Gasteiger partial charge on any atom is 0.225 e. The predicted molar refractivity (Wildman–Crippen MR) is 88.5 cm³/mol. The fraction of sp³-hybridized carbons (Fsp3) is 0.765. The van der Waals surface area contributed by atoms with E-state index in [4.69, 9.17) is 0 Å². The van der Waals surface area contributed by atoms with Crippen LogP contribution in [0.2, 0.25) is 0 Å². The first kappa shape index (κ1) is 16.2. The lowest BCUT2D eigenvalue weighted by Gasteiger charge is -2.20. The molecule has 0 radical (unpaired) electrons. The lowest BCUT2D eigenvalue weighted by Crippen LogP contribution is -2.26. The summed E-state index contributed by atoms with van der Waals surface area (Å²) < 4.78 is 0. The van der Waals surface area contributed by atoms with E-state index in [0.717, 1.165) is 44.5 Å². The second-order valence-electron chi connectivity index (χ2n) is 6.14. The highest BCUT2D eigenvalue weighted by Gasteiger charge is 2.18. The average molecular weight is 290 g/mol.